The van der Waals surface area contributed by atoms with Gasteiger partial charge in [0.1, 0.15) is 0 Å². The molecule has 2 nitrogen and oxygen atoms in total. The average molecular weight is 335 g/mol. The Morgan fingerprint density at radius 3 is 2.72 bits per heavy atom. The third kappa shape index (κ3) is 2.40. The van der Waals surface area contributed by atoms with Gasteiger partial charge < -0.3 is 5.73 Å². The summed E-state index contributed by atoms with van der Waals surface area (Å²) in [5.41, 5.74) is 13.6. The van der Waals surface area contributed by atoms with Crippen molar-refractivity contribution in [3.05, 3.63) is 46.1 Å². The SMILES string of the molecule is NC(=O)C1CCCC2CCC3C(=C21)C=CC1=C3CCC2CCCC=C12. The summed E-state index contributed by atoms with van der Waals surface area (Å²) in [6.07, 6.45) is 19.8. The Bertz CT molecular complexity index is 735. The Morgan fingerprint density at radius 1 is 0.960 bits per heavy atom. The molecule has 132 valence electrons. The van der Waals surface area contributed by atoms with Gasteiger partial charge in [-0.25, -0.2) is 0 Å². The first kappa shape index (κ1) is 15.7. The van der Waals surface area contributed by atoms with Crippen LogP contribution in [-0.4, -0.2) is 5.91 Å². The highest BCUT2D eigenvalue weighted by molar-refractivity contribution is 5.81. The highest BCUT2D eigenvalue weighted by atomic mass is 16.1. The predicted molar refractivity (Wildman–Crippen MR) is 101 cm³/mol. The summed E-state index contributed by atoms with van der Waals surface area (Å²) in [7, 11) is 0. The number of hydrogen-bond acceptors (Lipinski definition) is 1. The summed E-state index contributed by atoms with van der Waals surface area (Å²) >= 11 is 0. The van der Waals surface area contributed by atoms with Gasteiger partial charge in [0, 0.05) is 5.92 Å². The van der Waals surface area contributed by atoms with Crippen LogP contribution in [-0.2, 0) is 4.79 Å². The third-order valence-electron chi connectivity index (χ3n) is 7.55. The molecule has 2 heteroatoms. The molecule has 0 saturated heterocycles. The Morgan fingerprint density at radius 2 is 1.84 bits per heavy atom. The summed E-state index contributed by atoms with van der Waals surface area (Å²) in [5.74, 6) is 1.87. The van der Waals surface area contributed by atoms with Crippen molar-refractivity contribution >= 4 is 5.91 Å². The normalized spacial score (nSPS) is 36.9. The third-order valence-corrected chi connectivity index (χ3v) is 7.55. The van der Waals surface area contributed by atoms with E-state index in [4.69, 9.17) is 5.73 Å². The molecule has 0 heterocycles. The zero-order chi connectivity index (χ0) is 17.0. The van der Waals surface area contributed by atoms with Gasteiger partial charge >= 0.3 is 0 Å². The van der Waals surface area contributed by atoms with Crippen molar-refractivity contribution in [1.82, 2.24) is 0 Å². The summed E-state index contributed by atoms with van der Waals surface area (Å²) < 4.78 is 0. The van der Waals surface area contributed by atoms with Crippen molar-refractivity contribution in [2.45, 2.75) is 64.2 Å². The van der Waals surface area contributed by atoms with Crippen molar-refractivity contribution in [2.75, 3.05) is 0 Å². The van der Waals surface area contributed by atoms with E-state index in [1.165, 1.54) is 62.5 Å². The van der Waals surface area contributed by atoms with E-state index in [1.54, 1.807) is 16.7 Å². The highest BCUT2D eigenvalue weighted by Gasteiger charge is 2.41. The van der Waals surface area contributed by atoms with Crippen LogP contribution in [0.4, 0.5) is 0 Å². The molecule has 4 unspecified atom stereocenters. The highest BCUT2D eigenvalue weighted by Crippen LogP contribution is 2.53. The molecule has 5 aliphatic carbocycles. The standard InChI is InChI=1S/C23H29NO/c24-23(25)21-7-3-5-15-9-11-19-18-10-8-14-4-1-2-6-16(14)17(18)12-13-20(19)22(15)21/h6,12-15,19,21H,1-5,7-11H2,(H2,24,25). The van der Waals surface area contributed by atoms with Crippen LogP contribution in [0.1, 0.15) is 64.2 Å². The minimum atomic E-state index is -0.0975. The van der Waals surface area contributed by atoms with Crippen molar-refractivity contribution in [3.63, 3.8) is 0 Å². The maximum atomic E-state index is 12.1. The van der Waals surface area contributed by atoms with Gasteiger partial charge in [0.25, 0.3) is 0 Å². The molecule has 1 saturated carbocycles. The van der Waals surface area contributed by atoms with Crippen LogP contribution >= 0.6 is 0 Å². The van der Waals surface area contributed by atoms with Crippen molar-refractivity contribution in [2.24, 2.45) is 29.4 Å². The second-order valence-corrected chi connectivity index (χ2v) is 8.72. The minimum Gasteiger partial charge on any atom is -0.369 e. The van der Waals surface area contributed by atoms with Gasteiger partial charge in [-0.1, -0.05) is 35.8 Å². The molecule has 1 fully saturated rings. The van der Waals surface area contributed by atoms with Crippen LogP contribution in [0.3, 0.4) is 0 Å². The van der Waals surface area contributed by atoms with Gasteiger partial charge in [-0.2, -0.15) is 0 Å². The van der Waals surface area contributed by atoms with Crippen LogP contribution in [0.5, 0.6) is 0 Å². The van der Waals surface area contributed by atoms with Crippen molar-refractivity contribution in [1.29, 1.82) is 0 Å². The Balaban J connectivity index is 1.59. The molecule has 5 aliphatic rings. The molecule has 2 N–H and O–H groups in total. The van der Waals surface area contributed by atoms with Crippen LogP contribution in [0.2, 0.25) is 0 Å². The first-order chi connectivity index (χ1) is 12.2. The zero-order valence-corrected chi connectivity index (χ0v) is 15.1. The van der Waals surface area contributed by atoms with Crippen molar-refractivity contribution in [3.8, 4) is 0 Å². The predicted octanol–water partition coefficient (Wildman–Crippen LogP) is 4.98. The smallest absolute Gasteiger partial charge is 0.224 e. The van der Waals surface area contributed by atoms with E-state index in [1.807, 2.05) is 0 Å². The summed E-state index contributed by atoms with van der Waals surface area (Å²) in [5, 5.41) is 0. The molecule has 0 radical (unpaired) electrons. The lowest BCUT2D eigenvalue weighted by Crippen LogP contribution is -2.36. The number of carbonyl (C=O) groups is 1. The first-order valence-corrected chi connectivity index (χ1v) is 10.4. The van der Waals surface area contributed by atoms with Gasteiger partial charge in [-0.15, -0.1) is 0 Å². The van der Waals surface area contributed by atoms with Crippen molar-refractivity contribution < 1.29 is 4.79 Å². The lowest BCUT2D eigenvalue weighted by molar-refractivity contribution is -0.121. The van der Waals surface area contributed by atoms with E-state index in [-0.39, 0.29) is 11.8 Å². The monoisotopic (exact) mass is 335 g/mol. The molecule has 25 heavy (non-hydrogen) atoms. The summed E-state index contributed by atoms with van der Waals surface area (Å²) in [6, 6.07) is 0. The molecule has 5 rings (SSSR count). The Labute approximate surface area is 150 Å². The largest absolute Gasteiger partial charge is 0.369 e. The average Bonchev–Trinajstić information content (AvgIpc) is 2.66. The topological polar surface area (TPSA) is 43.1 Å². The maximum Gasteiger partial charge on any atom is 0.224 e. The fourth-order valence-electron chi connectivity index (χ4n) is 6.46. The van der Waals surface area contributed by atoms with E-state index in [0.29, 0.717) is 11.8 Å². The van der Waals surface area contributed by atoms with E-state index >= 15 is 0 Å². The molecule has 0 aliphatic heterocycles. The van der Waals surface area contributed by atoms with Gasteiger partial charge in [0.05, 0.1) is 5.92 Å². The van der Waals surface area contributed by atoms with Crippen LogP contribution in [0.25, 0.3) is 0 Å². The number of nitrogens with two attached hydrogens (primary N) is 1. The number of primary amides is 1. The van der Waals surface area contributed by atoms with E-state index < -0.39 is 0 Å². The number of hydrogen-bond donors (Lipinski definition) is 1. The first-order valence-electron chi connectivity index (χ1n) is 10.4. The van der Waals surface area contributed by atoms with Crippen LogP contribution in [0.15, 0.2) is 46.1 Å². The second-order valence-electron chi connectivity index (χ2n) is 8.72. The lowest BCUT2D eigenvalue weighted by Gasteiger charge is -2.44. The minimum absolute atomic E-state index is 0.00594. The summed E-state index contributed by atoms with van der Waals surface area (Å²) in [4.78, 5) is 12.1. The fourth-order valence-corrected chi connectivity index (χ4v) is 6.46. The Kier molecular flexibility index (Phi) is 3.76. The lowest BCUT2D eigenvalue weighted by atomic mass is 9.60. The molecule has 1 amide bonds. The van der Waals surface area contributed by atoms with Gasteiger partial charge in [0.15, 0.2) is 0 Å². The van der Waals surface area contributed by atoms with Gasteiger partial charge in [-0.05, 0) is 86.3 Å². The molecular weight excluding hydrogens is 306 g/mol. The second kappa shape index (κ2) is 6.00. The molecule has 0 spiro atoms. The quantitative estimate of drug-likeness (QED) is 0.721. The Hall–Kier alpha value is -1.57. The van der Waals surface area contributed by atoms with E-state index in [0.717, 1.165) is 18.8 Å². The van der Waals surface area contributed by atoms with Crippen LogP contribution in [0, 0.1) is 23.7 Å². The number of allylic oxidation sites excluding steroid dienone is 7. The fraction of sp³-hybridized carbons (Fsp3) is 0.609. The molecule has 0 aromatic rings. The molecule has 4 atom stereocenters. The van der Waals surface area contributed by atoms with Gasteiger partial charge in [0.2, 0.25) is 5.91 Å². The number of fused-ring (bicyclic) bond motifs is 5. The van der Waals surface area contributed by atoms with Crippen LogP contribution < -0.4 is 5.73 Å². The molecule has 0 aromatic heterocycles. The summed E-state index contributed by atoms with van der Waals surface area (Å²) in [6.45, 7) is 0. The van der Waals surface area contributed by atoms with E-state index in [9.17, 15) is 4.79 Å². The number of amides is 1. The molecular formula is C23H29NO. The zero-order valence-electron chi connectivity index (χ0n) is 15.1. The van der Waals surface area contributed by atoms with E-state index in [2.05, 4.69) is 18.2 Å². The maximum absolute atomic E-state index is 12.1. The molecule has 0 bridgehead atoms. The number of rotatable bonds is 1. The van der Waals surface area contributed by atoms with Gasteiger partial charge in [-0.3, -0.25) is 4.79 Å². The molecule has 0 aromatic carbocycles. The number of carbonyl (C=O) groups excluding carboxylic acids is 1.